The highest BCUT2D eigenvalue weighted by molar-refractivity contribution is 7.13. The number of oxazole rings is 1. The SMILES string of the molecule is CCOC(C)C(=O)OCc1cnc(-c2cccs2)o1. The molecule has 2 aromatic rings. The summed E-state index contributed by atoms with van der Waals surface area (Å²) in [5, 5.41) is 1.95. The highest BCUT2D eigenvalue weighted by Crippen LogP contribution is 2.24. The van der Waals surface area contributed by atoms with E-state index < -0.39 is 12.1 Å². The molecule has 0 aromatic carbocycles. The molecular formula is C13H15NO4S. The number of thiophene rings is 1. The van der Waals surface area contributed by atoms with Crippen LogP contribution in [-0.2, 0) is 20.9 Å². The van der Waals surface area contributed by atoms with E-state index in [1.165, 1.54) is 0 Å². The normalized spacial score (nSPS) is 12.3. The van der Waals surface area contributed by atoms with E-state index in [-0.39, 0.29) is 6.61 Å². The second-order valence-electron chi connectivity index (χ2n) is 3.81. The van der Waals surface area contributed by atoms with Crippen LogP contribution in [0.25, 0.3) is 10.8 Å². The summed E-state index contributed by atoms with van der Waals surface area (Å²) in [5.41, 5.74) is 0. The minimum atomic E-state index is -0.565. The summed E-state index contributed by atoms with van der Waals surface area (Å²) < 4.78 is 15.7. The average Bonchev–Trinajstić information content (AvgIpc) is 3.06. The maximum absolute atomic E-state index is 11.5. The molecule has 5 nitrogen and oxygen atoms in total. The minimum Gasteiger partial charge on any atom is -0.456 e. The van der Waals surface area contributed by atoms with Crippen LogP contribution in [0.4, 0.5) is 0 Å². The molecule has 102 valence electrons. The molecule has 0 aliphatic heterocycles. The number of carbonyl (C=O) groups excluding carboxylic acids is 1. The Morgan fingerprint density at radius 1 is 1.58 bits per heavy atom. The van der Waals surface area contributed by atoms with Crippen molar-refractivity contribution in [2.75, 3.05) is 6.61 Å². The molecule has 0 spiro atoms. The molecule has 0 saturated carbocycles. The van der Waals surface area contributed by atoms with Crippen LogP contribution in [0.3, 0.4) is 0 Å². The number of hydrogen-bond acceptors (Lipinski definition) is 6. The first-order valence-electron chi connectivity index (χ1n) is 5.97. The van der Waals surface area contributed by atoms with Crippen LogP contribution in [0.2, 0.25) is 0 Å². The Bertz CT molecular complexity index is 520. The van der Waals surface area contributed by atoms with Crippen molar-refractivity contribution in [2.24, 2.45) is 0 Å². The van der Waals surface area contributed by atoms with Gasteiger partial charge in [-0.1, -0.05) is 6.07 Å². The van der Waals surface area contributed by atoms with Crippen molar-refractivity contribution in [2.45, 2.75) is 26.6 Å². The van der Waals surface area contributed by atoms with E-state index in [1.54, 1.807) is 24.5 Å². The van der Waals surface area contributed by atoms with Crippen LogP contribution in [0.15, 0.2) is 28.1 Å². The van der Waals surface area contributed by atoms with Gasteiger partial charge >= 0.3 is 5.97 Å². The van der Waals surface area contributed by atoms with E-state index in [0.29, 0.717) is 18.3 Å². The molecule has 0 aliphatic carbocycles. The van der Waals surface area contributed by atoms with Gasteiger partial charge in [0.05, 0.1) is 11.1 Å². The lowest BCUT2D eigenvalue weighted by Crippen LogP contribution is -2.23. The summed E-state index contributed by atoms with van der Waals surface area (Å²) in [5.74, 6) is 0.648. The van der Waals surface area contributed by atoms with Gasteiger partial charge < -0.3 is 13.9 Å². The topological polar surface area (TPSA) is 61.6 Å². The zero-order valence-corrected chi connectivity index (χ0v) is 11.6. The number of nitrogens with zero attached hydrogens (tertiary/aromatic N) is 1. The molecule has 0 bridgehead atoms. The van der Waals surface area contributed by atoms with Gasteiger partial charge in [-0.3, -0.25) is 0 Å². The quantitative estimate of drug-likeness (QED) is 0.762. The van der Waals surface area contributed by atoms with Crippen LogP contribution < -0.4 is 0 Å². The largest absolute Gasteiger partial charge is 0.456 e. The molecule has 2 heterocycles. The predicted molar refractivity (Wildman–Crippen MR) is 70.7 cm³/mol. The van der Waals surface area contributed by atoms with Crippen molar-refractivity contribution in [1.82, 2.24) is 4.98 Å². The highest BCUT2D eigenvalue weighted by atomic mass is 32.1. The summed E-state index contributed by atoms with van der Waals surface area (Å²) in [6, 6.07) is 3.84. The first-order chi connectivity index (χ1) is 9.20. The van der Waals surface area contributed by atoms with Crippen LogP contribution in [-0.4, -0.2) is 23.7 Å². The number of aromatic nitrogens is 1. The van der Waals surface area contributed by atoms with Gasteiger partial charge in [-0.25, -0.2) is 9.78 Å². The Labute approximate surface area is 115 Å². The molecule has 0 N–H and O–H groups in total. The van der Waals surface area contributed by atoms with Gasteiger partial charge in [-0.2, -0.15) is 0 Å². The first-order valence-corrected chi connectivity index (χ1v) is 6.85. The molecule has 0 aliphatic rings. The molecule has 0 saturated heterocycles. The van der Waals surface area contributed by atoms with Crippen molar-refractivity contribution in [1.29, 1.82) is 0 Å². The van der Waals surface area contributed by atoms with Crippen molar-refractivity contribution in [3.05, 3.63) is 29.5 Å². The van der Waals surface area contributed by atoms with Crippen molar-refractivity contribution < 1.29 is 18.7 Å². The smallest absolute Gasteiger partial charge is 0.335 e. The molecule has 0 radical (unpaired) electrons. The maximum Gasteiger partial charge on any atom is 0.335 e. The van der Waals surface area contributed by atoms with Gasteiger partial charge in [-0.15, -0.1) is 11.3 Å². The molecular weight excluding hydrogens is 266 g/mol. The van der Waals surface area contributed by atoms with Gasteiger partial charge in [0.15, 0.2) is 18.5 Å². The lowest BCUT2D eigenvalue weighted by atomic mass is 10.4. The first kappa shape index (κ1) is 13.8. The molecule has 1 unspecified atom stereocenters. The van der Waals surface area contributed by atoms with E-state index in [4.69, 9.17) is 13.9 Å². The van der Waals surface area contributed by atoms with Gasteiger partial charge in [0.25, 0.3) is 0 Å². The molecule has 2 aromatic heterocycles. The van der Waals surface area contributed by atoms with E-state index >= 15 is 0 Å². The fourth-order valence-corrected chi connectivity index (χ4v) is 2.12. The van der Waals surface area contributed by atoms with Crippen molar-refractivity contribution in [3.8, 4) is 10.8 Å². The average molecular weight is 281 g/mol. The van der Waals surface area contributed by atoms with Crippen LogP contribution in [0.5, 0.6) is 0 Å². The fourth-order valence-electron chi connectivity index (χ4n) is 1.47. The number of hydrogen-bond donors (Lipinski definition) is 0. The number of esters is 1. The Kier molecular flexibility index (Phi) is 4.70. The summed E-state index contributed by atoms with van der Waals surface area (Å²) in [6.07, 6.45) is 0.998. The summed E-state index contributed by atoms with van der Waals surface area (Å²) in [4.78, 5) is 16.6. The summed E-state index contributed by atoms with van der Waals surface area (Å²) in [6.45, 7) is 4.02. The van der Waals surface area contributed by atoms with Gasteiger partial charge in [0.2, 0.25) is 5.89 Å². The Morgan fingerprint density at radius 3 is 3.11 bits per heavy atom. The molecule has 1 atom stereocenters. The zero-order chi connectivity index (χ0) is 13.7. The van der Waals surface area contributed by atoms with Crippen LogP contribution >= 0.6 is 11.3 Å². The lowest BCUT2D eigenvalue weighted by Gasteiger charge is -2.09. The second kappa shape index (κ2) is 6.49. The molecule has 19 heavy (non-hydrogen) atoms. The molecule has 0 fully saturated rings. The summed E-state index contributed by atoms with van der Waals surface area (Å²) >= 11 is 1.54. The van der Waals surface area contributed by atoms with Crippen LogP contribution in [0, 0.1) is 0 Å². The van der Waals surface area contributed by atoms with E-state index in [0.717, 1.165) is 4.88 Å². The third-order valence-corrected chi connectivity index (χ3v) is 3.25. The van der Waals surface area contributed by atoms with Gasteiger partial charge in [0, 0.05) is 6.61 Å². The van der Waals surface area contributed by atoms with E-state index in [2.05, 4.69) is 4.98 Å². The van der Waals surface area contributed by atoms with Gasteiger partial charge in [0.1, 0.15) is 0 Å². The van der Waals surface area contributed by atoms with Gasteiger partial charge in [-0.05, 0) is 25.3 Å². The maximum atomic E-state index is 11.5. The Hall–Kier alpha value is -1.66. The lowest BCUT2D eigenvalue weighted by molar-refractivity contribution is -0.157. The van der Waals surface area contributed by atoms with Crippen LogP contribution in [0.1, 0.15) is 19.6 Å². The number of rotatable bonds is 6. The van der Waals surface area contributed by atoms with Crippen molar-refractivity contribution >= 4 is 17.3 Å². The van der Waals surface area contributed by atoms with E-state index in [1.807, 2.05) is 24.4 Å². The predicted octanol–water partition coefficient (Wildman–Crippen LogP) is 2.87. The zero-order valence-electron chi connectivity index (χ0n) is 10.8. The monoisotopic (exact) mass is 281 g/mol. The third-order valence-electron chi connectivity index (χ3n) is 2.39. The molecule has 2 rings (SSSR count). The summed E-state index contributed by atoms with van der Waals surface area (Å²) in [7, 11) is 0. The molecule has 0 amide bonds. The second-order valence-corrected chi connectivity index (χ2v) is 4.76. The number of ether oxygens (including phenoxy) is 2. The van der Waals surface area contributed by atoms with E-state index in [9.17, 15) is 4.79 Å². The third kappa shape index (κ3) is 3.65. The number of carbonyl (C=O) groups is 1. The minimum absolute atomic E-state index is 0.0641. The Balaban J connectivity index is 1.89. The van der Waals surface area contributed by atoms with Crippen molar-refractivity contribution in [3.63, 3.8) is 0 Å². The molecule has 6 heteroatoms. The fraction of sp³-hybridized carbons (Fsp3) is 0.385. The standard InChI is InChI=1S/C13H15NO4S/c1-3-16-9(2)13(15)17-8-10-7-14-12(18-10)11-5-4-6-19-11/h4-7,9H,3,8H2,1-2H3. The Morgan fingerprint density at radius 2 is 2.42 bits per heavy atom. The highest BCUT2D eigenvalue weighted by Gasteiger charge is 2.15.